The SMILES string of the molecule is C=C(S/C(C)=N\C)[C@H]1[C@H](C(=O)OCC)[C@@H]1c1ccccc1. The predicted octanol–water partition coefficient (Wildman–Crippen LogP) is 3.87. The number of nitrogens with zero attached hydrogens (tertiary/aromatic N) is 1. The smallest absolute Gasteiger partial charge is 0.310 e. The van der Waals surface area contributed by atoms with Crippen molar-refractivity contribution in [3.63, 3.8) is 0 Å². The lowest BCUT2D eigenvalue weighted by atomic mass is 10.1. The van der Waals surface area contributed by atoms with Gasteiger partial charge in [0.25, 0.3) is 0 Å². The van der Waals surface area contributed by atoms with Gasteiger partial charge in [-0.05, 0) is 24.3 Å². The maximum atomic E-state index is 12.2. The quantitative estimate of drug-likeness (QED) is 0.471. The number of carbonyl (C=O) groups is 1. The molecule has 0 unspecified atom stereocenters. The maximum absolute atomic E-state index is 12.2. The Morgan fingerprint density at radius 1 is 1.33 bits per heavy atom. The van der Waals surface area contributed by atoms with Gasteiger partial charge in [-0.1, -0.05) is 48.7 Å². The highest BCUT2D eigenvalue weighted by Crippen LogP contribution is 2.60. The second-order valence-electron chi connectivity index (χ2n) is 5.05. The zero-order valence-electron chi connectivity index (χ0n) is 12.7. The third-order valence-corrected chi connectivity index (χ3v) is 4.74. The summed E-state index contributed by atoms with van der Waals surface area (Å²) in [7, 11) is 1.76. The molecule has 4 heteroatoms. The topological polar surface area (TPSA) is 38.7 Å². The van der Waals surface area contributed by atoms with Crippen molar-refractivity contribution >= 4 is 22.8 Å². The van der Waals surface area contributed by atoms with E-state index in [0.29, 0.717) is 6.61 Å². The van der Waals surface area contributed by atoms with Crippen LogP contribution < -0.4 is 0 Å². The number of thioether (sulfide) groups is 1. The highest BCUT2D eigenvalue weighted by atomic mass is 32.2. The average Bonchev–Trinajstić information content (AvgIpc) is 3.24. The van der Waals surface area contributed by atoms with Crippen LogP contribution >= 0.6 is 11.8 Å². The number of hydrogen-bond donors (Lipinski definition) is 0. The van der Waals surface area contributed by atoms with Gasteiger partial charge >= 0.3 is 5.97 Å². The molecule has 0 aromatic heterocycles. The van der Waals surface area contributed by atoms with Gasteiger partial charge in [-0.3, -0.25) is 9.79 Å². The number of allylic oxidation sites excluding steroid dienone is 1. The summed E-state index contributed by atoms with van der Waals surface area (Å²) in [5.41, 5.74) is 1.17. The zero-order chi connectivity index (χ0) is 15.4. The van der Waals surface area contributed by atoms with Gasteiger partial charge < -0.3 is 4.74 Å². The van der Waals surface area contributed by atoms with Crippen molar-refractivity contribution in [3.05, 3.63) is 47.4 Å². The largest absolute Gasteiger partial charge is 0.466 e. The number of benzene rings is 1. The van der Waals surface area contributed by atoms with Gasteiger partial charge in [0.15, 0.2) is 0 Å². The predicted molar refractivity (Wildman–Crippen MR) is 88.6 cm³/mol. The van der Waals surface area contributed by atoms with Gasteiger partial charge in [-0.2, -0.15) is 0 Å². The lowest BCUT2D eigenvalue weighted by Gasteiger charge is -2.04. The maximum Gasteiger partial charge on any atom is 0.310 e. The van der Waals surface area contributed by atoms with Crippen LogP contribution in [0.1, 0.15) is 25.3 Å². The van der Waals surface area contributed by atoms with E-state index in [0.717, 1.165) is 9.95 Å². The molecule has 0 spiro atoms. The second-order valence-corrected chi connectivity index (χ2v) is 6.37. The van der Waals surface area contributed by atoms with Crippen LogP contribution in [0.15, 0.2) is 46.8 Å². The lowest BCUT2D eigenvalue weighted by molar-refractivity contribution is -0.145. The summed E-state index contributed by atoms with van der Waals surface area (Å²) in [5.74, 6) is 0.0734. The fourth-order valence-corrected chi connectivity index (χ4v) is 3.54. The molecule has 2 rings (SSSR count). The van der Waals surface area contributed by atoms with E-state index in [4.69, 9.17) is 4.74 Å². The van der Waals surface area contributed by atoms with Crippen LogP contribution in [-0.4, -0.2) is 24.7 Å². The van der Waals surface area contributed by atoms with E-state index in [1.807, 2.05) is 32.0 Å². The summed E-state index contributed by atoms with van der Waals surface area (Å²) in [6.45, 7) is 8.35. The molecule has 3 nitrogen and oxygen atoms in total. The minimum absolute atomic E-state index is 0.114. The molecule has 1 aromatic rings. The van der Waals surface area contributed by atoms with Crippen molar-refractivity contribution < 1.29 is 9.53 Å². The van der Waals surface area contributed by atoms with E-state index < -0.39 is 0 Å². The van der Waals surface area contributed by atoms with Crippen molar-refractivity contribution in [2.45, 2.75) is 19.8 Å². The van der Waals surface area contributed by atoms with Crippen LogP contribution in [0.3, 0.4) is 0 Å². The Kier molecular flexibility index (Phi) is 5.23. The molecule has 1 saturated carbocycles. The fraction of sp³-hybridized carbons (Fsp3) is 0.412. The van der Waals surface area contributed by atoms with E-state index in [2.05, 4.69) is 23.7 Å². The van der Waals surface area contributed by atoms with Crippen LogP contribution in [-0.2, 0) is 9.53 Å². The Labute approximate surface area is 130 Å². The molecule has 0 radical (unpaired) electrons. The molecule has 1 fully saturated rings. The summed E-state index contributed by atoms with van der Waals surface area (Å²) in [6, 6.07) is 10.1. The van der Waals surface area contributed by atoms with Gasteiger partial charge in [-0.15, -0.1) is 0 Å². The highest BCUT2D eigenvalue weighted by molar-refractivity contribution is 8.17. The van der Waals surface area contributed by atoms with E-state index >= 15 is 0 Å². The lowest BCUT2D eigenvalue weighted by Crippen LogP contribution is -2.08. The minimum Gasteiger partial charge on any atom is -0.466 e. The molecule has 0 aliphatic heterocycles. The number of aliphatic imine (C=N–C) groups is 1. The van der Waals surface area contributed by atoms with E-state index in [-0.39, 0.29) is 23.7 Å². The molecule has 3 atom stereocenters. The van der Waals surface area contributed by atoms with Crippen molar-refractivity contribution in [1.29, 1.82) is 0 Å². The van der Waals surface area contributed by atoms with Crippen LogP contribution in [0.5, 0.6) is 0 Å². The average molecular weight is 303 g/mol. The molecule has 0 amide bonds. The number of rotatable bonds is 5. The van der Waals surface area contributed by atoms with E-state index in [1.54, 1.807) is 18.8 Å². The Balaban J connectivity index is 2.17. The minimum atomic E-state index is -0.121. The molecule has 1 aliphatic rings. The van der Waals surface area contributed by atoms with Gasteiger partial charge in [0.2, 0.25) is 0 Å². The Morgan fingerprint density at radius 3 is 2.57 bits per heavy atom. The summed E-state index contributed by atoms with van der Waals surface area (Å²) in [4.78, 5) is 17.3. The third-order valence-electron chi connectivity index (χ3n) is 3.73. The summed E-state index contributed by atoms with van der Waals surface area (Å²) < 4.78 is 5.21. The van der Waals surface area contributed by atoms with E-state index in [1.165, 1.54) is 5.56 Å². The van der Waals surface area contributed by atoms with Crippen LogP contribution in [0.4, 0.5) is 0 Å². The molecular weight excluding hydrogens is 282 g/mol. The van der Waals surface area contributed by atoms with Gasteiger partial charge in [0.05, 0.1) is 17.6 Å². The van der Waals surface area contributed by atoms with Crippen molar-refractivity contribution in [2.75, 3.05) is 13.7 Å². The van der Waals surface area contributed by atoms with Crippen LogP contribution in [0.2, 0.25) is 0 Å². The molecule has 112 valence electrons. The molecule has 1 aliphatic carbocycles. The molecule has 0 N–H and O–H groups in total. The molecular formula is C17H21NO2S. The Hall–Kier alpha value is -1.55. The first-order valence-electron chi connectivity index (χ1n) is 7.11. The number of hydrogen-bond acceptors (Lipinski definition) is 4. The monoisotopic (exact) mass is 303 g/mol. The first-order valence-corrected chi connectivity index (χ1v) is 7.93. The zero-order valence-corrected chi connectivity index (χ0v) is 13.5. The van der Waals surface area contributed by atoms with Gasteiger partial charge in [0, 0.05) is 18.9 Å². The highest BCUT2D eigenvalue weighted by Gasteiger charge is 2.57. The standard InChI is InChI=1S/C17H21NO2S/c1-5-20-17(19)16-14(11(2)21-12(3)18-4)15(16)13-9-7-6-8-10-13/h6-10,14-16H,2,5H2,1,3-4H3/b18-12-/t14-,15-,16+/m1/s1. The number of carbonyl (C=O) groups excluding carboxylic acids is 1. The molecule has 0 bridgehead atoms. The number of ether oxygens (including phenoxy) is 1. The Morgan fingerprint density at radius 2 is 2.00 bits per heavy atom. The fourth-order valence-electron chi connectivity index (χ4n) is 2.64. The first kappa shape index (κ1) is 15.8. The molecule has 0 heterocycles. The summed E-state index contributed by atoms with van der Waals surface area (Å²) >= 11 is 1.56. The summed E-state index contributed by atoms with van der Waals surface area (Å²) in [5, 5.41) is 0.960. The van der Waals surface area contributed by atoms with Crippen LogP contribution in [0, 0.1) is 11.8 Å². The van der Waals surface area contributed by atoms with E-state index in [9.17, 15) is 4.79 Å². The normalized spacial score (nSPS) is 24.5. The molecule has 0 saturated heterocycles. The molecule has 21 heavy (non-hydrogen) atoms. The Bertz CT molecular complexity index is 553. The summed E-state index contributed by atoms with van der Waals surface area (Å²) in [6.07, 6.45) is 0. The first-order chi connectivity index (χ1) is 10.1. The van der Waals surface area contributed by atoms with Crippen molar-refractivity contribution in [3.8, 4) is 0 Å². The second kappa shape index (κ2) is 6.94. The van der Waals surface area contributed by atoms with Gasteiger partial charge in [-0.25, -0.2) is 0 Å². The molecule has 1 aromatic carbocycles. The van der Waals surface area contributed by atoms with Gasteiger partial charge in [0.1, 0.15) is 0 Å². The van der Waals surface area contributed by atoms with Crippen LogP contribution in [0.25, 0.3) is 0 Å². The van der Waals surface area contributed by atoms with Crippen molar-refractivity contribution in [1.82, 2.24) is 0 Å². The third kappa shape index (κ3) is 3.56. The number of esters is 1. The van der Waals surface area contributed by atoms with Crippen molar-refractivity contribution in [2.24, 2.45) is 16.8 Å².